The molecule has 1 fully saturated rings. The van der Waals surface area contributed by atoms with Gasteiger partial charge in [-0.2, -0.15) is 0 Å². The number of carbonyl (C=O) groups is 1. The zero-order valence-electron chi connectivity index (χ0n) is 14.4. The van der Waals surface area contributed by atoms with Gasteiger partial charge in [0.25, 0.3) is 0 Å². The molecular formula is C19H30N2O. The molecule has 3 nitrogen and oxygen atoms in total. The molecule has 0 saturated carbocycles. The van der Waals surface area contributed by atoms with Gasteiger partial charge in [-0.05, 0) is 56.7 Å². The second-order valence-corrected chi connectivity index (χ2v) is 7.12. The lowest BCUT2D eigenvalue weighted by Gasteiger charge is -2.30. The second-order valence-electron chi connectivity index (χ2n) is 7.12. The minimum atomic E-state index is 0.124. The summed E-state index contributed by atoms with van der Waals surface area (Å²) in [6, 6.07) is 8.95. The van der Waals surface area contributed by atoms with Crippen molar-refractivity contribution in [1.29, 1.82) is 0 Å². The van der Waals surface area contributed by atoms with Gasteiger partial charge in [-0.3, -0.25) is 4.79 Å². The summed E-state index contributed by atoms with van der Waals surface area (Å²) in [5.74, 6) is 0.925. The predicted molar refractivity (Wildman–Crippen MR) is 91.7 cm³/mol. The fourth-order valence-electron chi connectivity index (χ4n) is 3.37. The van der Waals surface area contributed by atoms with E-state index in [0.29, 0.717) is 12.0 Å². The van der Waals surface area contributed by atoms with Gasteiger partial charge in [0.15, 0.2) is 0 Å². The van der Waals surface area contributed by atoms with E-state index < -0.39 is 0 Å². The van der Waals surface area contributed by atoms with E-state index in [2.05, 4.69) is 62.6 Å². The molecular weight excluding hydrogens is 272 g/mol. The number of hydrogen-bond acceptors (Lipinski definition) is 2. The fourth-order valence-corrected chi connectivity index (χ4v) is 3.37. The molecule has 1 aromatic carbocycles. The summed E-state index contributed by atoms with van der Waals surface area (Å²) in [6.07, 6.45) is 2.86. The number of hydrogen-bond donors (Lipinski definition) is 2. The van der Waals surface area contributed by atoms with Crippen LogP contribution in [0.2, 0.25) is 0 Å². The Morgan fingerprint density at radius 1 is 1.36 bits per heavy atom. The molecule has 0 spiro atoms. The molecule has 0 bridgehead atoms. The molecule has 0 radical (unpaired) electrons. The topological polar surface area (TPSA) is 41.1 Å². The third kappa shape index (κ3) is 4.57. The molecule has 2 rings (SSSR count). The van der Waals surface area contributed by atoms with E-state index in [1.165, 1.54) is 11.1 Å². The van der Waals surface area contributed by atoms with Crippen molar-refractivity contribution >= 4 is 5.91 Å². The molecule has 1 unspecified atom stereocenters. The molecule has 1 aliphatic heterocycles. The van der Waals surface area contributed by atoms with Crippen molar-refractivity contribution in [2.75, 3.05) is 6.54 Å². The Balaban J connectivity index is 2.09. The Kier molecular flexibility index (Phi) is 6.01. The first-order valence-electron chi connectivity index (χ1n) is 8.56. The quantitative estimate of drug-likeness (QED) is 0.873. The van der Waals surface area contributed by atoms with Crippen LogP contribution in [0, 0.1) is 18.8 Å². The smallest absolute Gasteiger partial charge is 0.223 e. The van der Waals surface area contributed by atoms with Crippen molar-refractivity contribution in [3.63, 3.8) is 0 Å². The maximum absolute atomic E-state index is 12.7. The molecule has 3 heteroatoms. The molecule has 2 N–H and O–H groups in total. The van der Waals surface area contributed by atoms with Gasteiger partial charge in [0.2, 0.25) is 5.91 Å². The average Bonchev–Trinajstić information content (AvgIpc) is 2.46. The zero-order chi connectivity index (χ0) is 16.1. The largest absolute Gasteiger partial charge is 0.349 e. The third-order valence-electron chi connectivity index (χ3n) is 4.58. The van der Waals surface area contributed by atoms with Crippen LogP contribution in [-0.2, 0) is 4.79 Å². The van der Waals surface area contributed by atoms with E-state index in [-0.39, 0.29) is 17.9 Å². The normalized spacial score (nSPS) is 23.3. The number of carbonyl (C=O) groups excluding carboxylic acids is 1. The number of piperidine rings is 1. The van der Waals surface area contributed by atoms with E-state index >= 15 is 0 Å². The van der Waals surface area contributed by atoms with E-state index in [1.54, 1.807) is 0 Å². The van der Waals surface area contributed by atoms with E-state index in [0.717, 1.165) is 25.8 Å². The fraction of sp³-hybridized carbons (Fsp3) is 0.632. The second kappa shape index (κ2) is 7.77. The van der Waals surface area contributed by atoms with Crippen LogP contribution in [-0.4, -0.2) is 18.5 Å². The van der Waals surface area contributed by atoms with Gasteiger partial charge in [0.05, 0.1) is 6.04 Å². The molecule has 1 aromatic rings. The average molecular weight is 302 g/mol. The van der Waals surface area contributed by atoms with Crippen LogP contribution < -0.4 is 10.6 Å². The van der Waals surface area contributed by atoms with Crippen molar-refractivity contribution in [1.82, 2.24) is 10.6 Å². The zero-order valence-corrected chi connectivity index (χ0v) is 14.4. The first kappa shape index (κ1) is 17.0. The van der Waals surface area contributed by atoms with E-state index in [1.807, 2.05) is 0 Å². The molecule has 122 valence electrons. The predicted octanol–water partition coefficient (Wildman–Crippen LogP) is 3.59. The SMILES string of the molecule is Cc1ccccc1C(CC(C)C)NC(=O)[C@H]1CCN[C@@H](C)C1. The Morgan fingerprint density at radius 3 is 2.73 bits per heavy atom. The lowest BCUT2D eigenvalue weighted by atomic mass is 9.90. The van der Waals surface area contributed by atoms with Crippen molar-refractivity contribution in [2.45, 2.75) is 59.0 Å². The van der Waals surface area contributed by atoms with E-state index in [9.17, 15) is 4.79 Å². The van der Waals surface area contributed by atoms with Gasteiger partial charge in [-0.1, -0.05) is 38.1 Å². The van der Waals surface area contributed by atoms with Gasteiger partial charge in [-0.15, -0.1) is 0 Å². The summed E-state index contributed by atoms with van der Waals surface area (Å²) < 4.78 is 0. The summed E-state index contributed by atoms with van der Waals surface area (Å²) in [7, 11) is 0. The Hall–Kier alpha value is -1.35. The molecule has 1 heterocycles. The molecule has 0 aliphatic carbocycles. The van der Waals surface area contributed by atoms with Crippen LogP contribution in [0.15, 0.2) is 24.3 Å². The maximum atomic E-state index is 12.7. The molecule has 1 amide bonds. The highest BCUT2D eigenvalue weighted by molar-refractivity contribution is 5.79. The lowest BCUT2D eigenvalue weighted by molar-refractivity contribution is -0.127. The number of aryl methyl sites for hydroxylation is 1. The van der Waals surface area contributed by atoms with Crippen molar-refractivity contribution in [2.24, 2.45) is 11.8 Å². The van der Waals surface area contributed by atoms with Crippen molar-refractivity contribution in [3.8, 4) is 0 Å². The molecule has 1 saturated heterocycles. The summed E-state index contributed by atoms with van der Waals surface area (Å²) in [5.41, 5.74) is 2.51. The van der Waals surface area contributed by atoms with Crippen LogP contribution in [0.4, 0.5) is 0 Å². The minimum Gasteiger partial charge on any atom is -0.349 e. The minimum absolute atomic E-state index is 0.124. The Labute approximate surface area is 134 Å². The molecule has 3 atom stereocenters. The number of rotatable bonds is 5. The van der Waals surface area contributed by atoms with Gasteiger partial charge in [-0.25, -0.2) is 0 Å². The van der Waals surface area contributed by atoms with Gasteiger partial charge < -0.3 is 10.6 Å². The summed E-state index contributed by atoms with van der Waals surface area (Å²) in [4.78, 5) is 12.7. The summed E-state index contributed by atoms with van der Waals surface area (Å²) >= 11 is 0. The first-order chi connectivity index (χ1) is 10.5. The van der Waals surface area contributed by atoms with Crippen molar-refractivity contribution in [3.05, 3.63) is 35.4 Å². The van der Waals surface area contributed by atoms with Crippen LogP contribution in [0.3, 0.4) is 0 Å². The number of amides is 1. The van der Waals surface area contributed by atoms with E-state index in [4.69, 9.17) is 0 Å². The third-order valence-corrected chi connectivity index (χ3v) is 4.58. The highest BCUT2D eigenvalue weighted by atomic mass is 16.1. The standard InChI is InChI=1S/C19H30N2O/c1-13(2)11-18(17-8-6-5-7-14(17)3)21-19(22)16-9-10-20-15(4)12-16/h5-8,13,15-16,18,20H,9-12H2,1-4H3,(H,21,22)/t15-,16-,18?/m0/s1. The van der Waals surface area contributed by atoms with Crippen LogP contribution >= 0.6 is 0 Å². The van der Waals surface area contributed by atoms with Gasteiger partial charge in [0.1, 0.15) is 0 Å². The van der Waals surface area contributed by atoms with Crippen LogP contribution in [0.1, 0.15) is 57.2 Å². The highest BCUT2D eigenvalue weighted by Gasteiger charge is 2.27. The maximum Gasteiger partial charge on any atom is 0.223 e. The van der Waals surface area contributed by atoms with Gasteiger partial charge >= 0.3 is 0 Å². The molecule has 0 aromatic heterocycles. The Morgan fingerprint density at radius 2 is 2.09 bits per heavy atom. The van der Waals surface area contributed by atoms with Gasteiger partial charge in [0, 0.05) is 12.0 Å². The Bertz CT molecular complexity index is 498. The molecule has 1 aliphatic rings. The lowest BCUT2D eigenvalue weighted by Crippen LogP contribution is -2.43. The summed E-state index contributed by atoms with van der Waals surface area (Å²) in [6.45, 7) is 9.65. The first-order valence-corrected chi connectivity index (χ1v) is 8.56. The molecule has 22 heavy (non-hydrogen) atoms. The van der Waals surface area contributed by atoms with Crippen molar-refractivity contribution < 1.29 is 4.79 Å². The number of benzene rings is 1. The summed E-state index contributed by atoms with van der Waals surface area (Å²) in [5, 5.41) is 6.74. The monoisotopic (exact) mass is 302 g/mol. The number of nitrogens with one attached hydrogen (secondary N) is 2. The van der Waals surface area contributed by atoms with Crippen LogP contribution in [0.25, 0.3) is 0 Å². The highest BCUT2D eigenvalue weighted by Crippen LogP contribution is 2.26. The van der Waals surface area contributed by atoms with Crippen LogP contribution in [0.5, 0.6) is 0 Å².